The third-order valence-corrected chi connectivity index (χ3v) is 2.57. The monoisotopic (exact) mass is 151 g/mol. The lowest BCUT2D eigenvalue weighted by atomic mass is 9.96. The lowest BCUT2D eigenvalue weighted by molar-refractivity contribution is -0.109. The SMILES string of the molecule is O=C[C@@H]1CC2=C(CCCC2)N1. The number of carbonyl (C=O) groups excluding carboxylic acids is 1. The van der Waals surface area contributed by atoms with Gasteiger partial charge in [-0.1, -0.05) is 0 Å². The first-order chi connectivity index (χ1) is 5.40. The molecule has 2 heteroatoms. The molecule has 0 aromatic rings. The lowest BCUT2D eigenvalue weighted by Crippen LogP contribution is -2.23. The van der Waals surface area contributed by atoms with Gasteiger partial charge in [0, 0.05) is 5.70 Å². The molecule has 0 saturated heterocycles. The van der Waals surface area contributed by atoms with Crippen molar-refractivity contribution in [1.82, 2.24) is 5.32 Å². The average molecular weight is 151 g/mol. The summed E-state index contributed by atoms with van der Waals surface area (Å²) < 4.78 is 0. The normalized spacial score (nSPS) is 29.6. The molecule has 1 heterocycles. The Morgan fingerprint density at radius 1 is 1.36 bits per heavy atom. The van der Waals surface area contributed by atoms with Crippen LogP contribution in [0, 0.1) is 0 Å². The summed E-state index contributed by atoms with van der Waals surface area (Å²) in [7, 11) is 0. The third-order valence-electron chi connectivity index (χ3n) is 2.57. The van der Waals surface area contributed by atoms with Crippen molar-refractivity contribution >= 4 is 6.29 Å². The Balaban J connectivity index is 2.09. The minimum atomic E-state index is 0.0955. The zero-order valence-electron chi connectivity index (χ0n) is 6.60. The second kappa shape index (κ2) is 2.68. The van der Waals surface area contributed by atoms with Crippen LogP contribution in [0.5, 0.6) is 0 Å². The topological polar surface area (TPSA) is 29.1 Å². The number of allylic oxidation sites excluding steroid dienone is 1. The first-order valence-corrected chi connectivity index (χ1v) is 4.33. The maximum atomic E-state index is 10.5. The molecule has 11 heavy (non-hydrogen) atoms. The highest BCUT2D eigenvalue weighted by Gasteiger charge is 2.23. The second-order valence-corrected chi connectivity index (χ2v) is 3.38. The molecule has 1 aliphatic heterocycles. The van der Waals surface area contributed by atoms with Gasteiger partial charge in [0.15, 0.2) is 0 Å². The Bertz CT molecular complexity index is 190. The van der Waals surface area contributed by atoms with Crippen LogP contribution in [0.1, 0.15) is 32.1 Å². The molecule has 0 bridgehead atoms. The Hall–Kier alpha value is -0.790. The Morgan fingerprint density at radius 3 is 2.91 bits per heavy atom. The van der Waals surface area contributed by atoms with Gasteiger partial charge in [0.1, 0.15) is 6.29 Å². The summed E-state index contributed by atoms with van der Waals surface area (Å²) in [6.45, 7) is 0. The fraction of sp³-hybridized carbons (Fsp3) is 0.667. The highest BCUT2D eigenvalue weighted by atomic mass is 16.1. The van der Waals surface area contributed by atoms with Crippen LogP contribution in [0.2, 0.25) is 0 Å². The summed E-state index contributed by atoms with van der Waals surface area (Å²) >= 11 is 0. The van der Waals surface area contributed by atoms with Crippen LogP contribution in [0.3, 0.4) is 0 Å². The fourth-order valence-electron chi connectivity index (χ4n) is 1.99. The van der Waals surface area contributed by atoms with E-state index in [-0.39, 0.29) is 6.04 Å². The van der Waals surface area contributed by atoms with Crippen molar-refractivity contribution < 1.29 is 4.79 Å². The lowest BCUT2D eigenvalue weighted by Gasteiger charge is -2.12. The van der Waals surface area contributed by atoms with Gasteiger partial charge < -0.3 is 10.1 Å². The number of rotatable bonds is 1. The summed E-state index contributed by atoms with van der Waals surface area (Å²) in [5.41, 5.74) is 2.88. The van der Waals surface area contributed by atoms with E-state index in [9.17, 15) is 4.79 Å². The van der Waals surface area contributed by atoms with Crippen LogP contribution in [0.25, 0.3) is 0 Å². The highest BCUT2D eigenvalue weighted by Crippen LogP contribution is 2.30. The first kappa shape index (κ1) is 6.89. The van der Waals surface area contributed by atoms with Crippen LogP contribution in [0.15, 0.2) is 11.3 Å². The first-order valence-electron chi connectivity index (χ1n) is 4.33. The zero-order chi connectivity index (χ0) is 7.68. The van der Waals surface area contributed by atoms with Gasteiger partial charge >= 0.3 is 0 Å². The summed E-state index contributed by atoms with van der Waals surface area (Å²) in [5.74, 6) is 0. The molecule has 1 atom stereocenters. The van der Waals surface area contributed by atoms with Crippen molar-refractivity contribution in [2.45, 2.75) is 38.1 Å². The van der Waals surface area contributed by atoms with Gasteiger partial charge in [0.25, 0.3) is 0 Å². The van der Waals surface area contributed by atoms with Gasteiger partial charge in [0.05, 0.1) is 6.04 Å². The molecule has 2 aliphatic rings. The number of nitrogens with one attached hydrogen (secondary N) is 1. The molecule has 2 nitrogen and oxygen atoms in total. The zero-order valence-corrected chi connectivity index (χ0v) is 6.60. The summed E-state index contributed by atoms with van der Waals surface area (Å²) in [6, 6.07) is 0.0955. The number of aldehydes is 1. The van der Waals surface area contributed by atoms with Gasteiger partial charge in [0.2, 0.25) is 0 Å². The maximum absolute atomic E-state index is 10.5. The Kier molecular flexibility index (Phi) is 1.68. The molecule has 0 saturated carbocycles. The van der Waals surface area contributed by atoms with Crippen molar-refractivity contribution in [3.8, 4) is 0 Å². The van der Waals surface area contributed by atoms with Gasteiger partial charge in [-0.05, 0) is 37.7 Å². The molecule has 0 fully saturated rings. The third kappa shape index (κ3) is 1.17. The van der Waals surface area contributed by atoms with Gasteiger partial charge in [-0.2, -0.15) is 0 Å². The quantitative estimate of drug-likeness (QED) is 0.573. The molecule has 0 aromatic carbocycles. The van der Waals surface area contributed by atoms with E-state index in [1.54, 1.807) is 0 Å². The van der Waals surface area contributed by atoms with Gasteiger partial charge in [-0.15, -0.1) is 0 Å². The molecular formula is C9H13NO. The Labute approximate surface area is 66.7 Å². The molecule has 0 aromatic heterocycles. The van der Waals surface area contributed by atoms with Crippen LogP contribution in [0.4, 0.5) is 0 Å². The molecule has 60 valence electrons. The van der Waals surface area contributed by atoms with Crippen molar-refractivity contribution in [3.63, 3.8) is 0 Å². The molecule has 1 aliphatic carbocycles. The van der Waals surface area contributed by atoms with Crippen molar-refractivity contribution in [2.75, 3.05) is 0 Å². The van der Waals surface area contributed by atoms with E-state index >= 15 is 0 Å². The molecule has 0 spiro atoms. The standard InChI is InChI=1S/C9H13NO/c11-6-8-5-7-3-1-2-4-9(7)10-8/h6,8,10H,1-5H2/t8-/m0/s1. The van der Waals surface area contributed by atoms with E-state index in [1.165, 1.54) is 37.0 Å². The van der Waals surface area contributed by atoms with Crippen molar-refractivity contribution in [2.24, 2.45) is 0 Å². The van der Waals surface area contributed by atoms with E-state index in [4.69, 9.17) is 0 Å². The molecular weight excluding hydrogens is 138 g/mol. The van der Waals surface area contributed by atoms with Gasteiger partial charge in [-0.3, -0.25) is 0 Å². The number of carbonyl (C=O) groups is 1. The molecule has 1 N–H and O–H groups in total. The van der Waals surface area contributed by atoms with Gasteiger partial charge in [-0.25, -0.2) is 0 Å². The number of hydrogen-bond donors (Lipinski definition) is 1. The Morgan fingerprint density at radius 2 is 2.18 bits per heavy atom. The minimum Gasteiger partial charge on any atom is -0.379 e. The van der Waals surface area contributed by atoms with Crippen LogP contribution < -0.4 is 5.32 Å². The predicted molar refractivity (Wildman–Crippen MR) is 43.1 cm³/mol. The van der Waals surface area contributed by atoms with Crippen LogP contribution in [-0.4, -0.2) is 12.3 Å². The van der Waals surface area contributed by atoms with E-state index < -0.39 is 0 Å². The molecule has 0 radical (unpaired) electrons. The predicted octanol–water partition coefficient (Wildman–Crippen LogP) is 1.38. The minimum absolute atomic E-state index is 0.0955. The van der Waals surface area contributed by atoms with E-state index in [2.05, 4.69) is 5.32 Å². The van der Waals surface area contributed by atoms with Crippen LogP contribution >= 0.6 is 0 Å². The van der Waals surface area contributed by atoms with E-state index in [0.29, 0.717) is 0 Å². The molecule has 0 unspecified atom stereocenters. The van der Waals surface area contributed by atoms with E-state index in [0.717, 1.165) is 12.7 Å². The largest absolute Gasteiger partial charge is 0.379 e. The van der Waals surface area contributed by atoms with E-state index in [1.807, 2.05) is 0 Å². The maximum Gasteiger partial charge on any atom is 0.142 e. The molecule has 0 amide bonds. The van der Waals surface area contributed by atoms with Crippen molar-refractivity contribution in [1.29, 1.82) is 0 Å². The average Bonchev–Trinajstić information content (AvgIpc) is 2.46. The number of hydrogen-bond acceptors (Lipinski definition) is 2. The smallest absolute Gasteiger partial charge is 0.142 e. The highest BCUT2D eigenvalue weighted by molar-refractivity contribution is 5.60. The second-order valence-electron chi connectivity index (χ2n) is 3.38. The summed E-state index contributed by atoms with van der Waals surface area (Å²) in [4.78, 5) is 10.5. The fourth-order valence-corrected chi connectivity index (χ4v) is 1.99. The van der Waals surface area contributed by atoms with Crippen LogP contribution in [-0.2, 0) is 4.79 Å². The molecule has 2 rings (SSSR count). The summed E-state index contributed by atoms with van der Waals surface area (Å²) in [5, 5.41) is 3.25. The summed E-state index contributed by atoms with van der Waals surface area (Å²) in [6.07, 6.45) is 6.98. The van der Waals surface area contributed by atoms with Crippen molar-refractivity contribution in [3.05, 3.63) is 11.3 Å².